The molecule has 2 aromatic carbocycles. The van der Waals surface area contributed by atoms with Crippen LogP contribution in [0.3, 0.4) is 0 Å². The Balaban J connectivity index is 1.52. The maximum absolute atomic E-state index is 13.5. The fourth-order valence-electron chi connectivity index (χ4n) is 2.65. The predicted octanol–water partition coefficient (Wildman–Crippen LogP) is 4.06. The average molecular weight is 396 g/mol. The maximum Gasteiger partial charge on any atom is 0.229 e. The number of fused-ring (bicyclic) bond motifs is 1. The van der Waals surface area contributed by atoms with Crippen LogP contribution in [0.5, 0.6) is 0 Å². The minimum Gasteiger partial charge on any atom is -0.396 e. The van der Waals surface area contributed by atoms with Crippen molar-refractivity contribution in [3.63, 3.8) is 0 Å². The summed E-state index contributed by atoms with van der Waals surface area (Å²) in [6.07, 6.45) is 1.62. The number of nitrogens with one attached hydrogen (secondary N) is 3. The summed E-state index contributed by atoms with van der Waals surface area (Å²) in [5.41, 5.74) is 1.57. The van der Waals surface area contributed by atoms with Crippen molar-refractivity contribution in [2.45, 2.75) is 4.90 Å². The van der Waals surface area contributed by atoms with Gasteiger partial charge in [-0.2, -0.15) is 10.1 Å². The average Bonchev–Trinajstić information content (AvgIpc) is 3.09. The molecule has 0 amide bonds. The van der Waals surface area contributed by atoms with Crippen molar-refractivity contribution < 1.29 is 9.50 Å². The third kappa shape index (κ3) is 4.21. The van der Waals surface area contributed by atoms with Gasteiger partial charge in [0.25, 0.3) is 0 Å². The van der Waals surface area contributed by atoms with Gasteiger partial charge < -0.3 is 15.7 Å². The van der Waals surface area contributed by atoms with Crippen LogP contribution in [0.1, 0.15) is 0 Å². The first-order valence-corrected chi connectivity index (χ1v) is 9.54. The van der Waals surface area contributed by atoms with Gasteiger partial charge in [0, 0.05) is 27.9 Å². The molecule has 0 saturated heterocycles. The van der Waals surface area contributed by atoms with Crippen LogP contribution in [0.25, 0.3) is 10.9 Å². The lowest BCUT2D eigenvalue weighted by Crippen LogP contribution is -2.01. The minimum atomic E-state index is -0.332. The van der Waals surface area contributed by atoms with E-state index in [1.807, 2.05) is 24.3 Å². The second kappa shape index (κ2) is 8.24. The molecule has 0 spiro atoms. The molecule has 0 atom stereocenters. The number of anilines is 4. The summed E-state index contributed by atoms with van der Waals surface area (Å²) in [5, 5.41) is 22.9. The van der Waals surface area contributed by atoms with Gasteiger partial charge in [-0.05, 0) is 42.5 Å². The van der Waals surface area contributed by atoms with E-state index in [2.05, 4.69) is 30.8 Å². The van der Waals surface area contributed by atoms with E-state index in [1.54, 1.807) is 30.1 Å². The van der Waals surface area contributed by atoms with E-state index in [0.717, 1.165) is 16.1 Å². The number of rotatable bonds is 7. The largest absolute Gasteiger partial charge is 0.396 e. The van der Waals surface area contributed by atoms with Crippen LogP contribution in [0.2, 0.25) is 0 Å². The number of thioether (sulfide) groups is 1. The number of aromatic nitrogens is 4. The highest BCUT2D eigenvalue weighted by Gasteiger charge is 2.08. The van der Waals surface area contributed by atoms with Crippen LogP contribution in [-0.2, 0) is 0 Å². The van der Waals surface area contributed by atoms with Gasteiger partial charge in [-0.3, -0.25) is 5.10 Å². The van der Waals surface area contributed by atoms with E-state index < -0.39 is 0 Å². The van der Waals surface area contributed by atoms with Gasteiger partial charge >= 0.3 is 0 Å². The molecule has 4 N–H and O–H groups in total. The summed E-state index contributed by atoms with van der Waals surface area (Å²) in [5.74, 6) is 1.74. The first-order valence-electron chi connectivity index (χ1n) is 8.56. The van der Waals surface area contributed by atoms with E-state index in [0.29, 0.717) is 28.7 Å². The topological polar surface area (TPSA) is 98.7 Å². The Kier molecular flexibility index (Phi) is 5.36. The lowest BCUT2D eigenvalue weighted by Gasteiger charge is -2.08. The molecule has 0 bridgehead atoms. The summed E-state index contributed by atoms with van der Waals surface area (Å²) < 4.78 is 13.5. The van der Waals surface area contributed by atoms with Gasteiger partial charge in [0.05, 0.1) is 12.1 Å². The van der Waals surface area contributed by atoms with Crippen molar-refractivity contribution in [3.05, 3.63) is 60.5 Å². The SMILES string of the molecule is OCCSc1cccc(Nc2nccc(Nc3n[nH]c4ccc(F)cc34)n2)c1. The number of nitrogens with zero attached hydrogens (tertiary/aromatic N) is 3. The molecule has 0 radical (unpaired) electrons. The number of halogens is 1. The highest BCUT2D eigenvalue weighted by atomic mass is 32.2. The van der Waals surface area contributed by atoms with E-state index >= 15 is 0 Å². The van der Waals surface area contributed by atoms with Gasteiger partial charge in [0.15, 0.2) is 5.82 Å². The maximum atomic E-state index is 13.5. The quantitative estimate of drug-likeness (QED) is 0.350. The van der Waals surface area contributed by atoms with Crippen LogP contribution < -0.4 is 10.6 Å². The van der Waals surface area contributed by atoms with Crippen LogP contribution in [0.4, 0.5) is 27.7 Å². The van der Waals surface area contributed by atoms with Gasteiger partial charge in [0.1, 0.15) is 11.6 Å². The normalized spacial score (nSPS) is 10.9. The molecule has 2 aromatic heterocycles. The van der Waals surface area contributed by atoms with Crippen molar-refractivity contribution >= 4 is 45.9 Å². The summed E-state index contributed by atoms with van der Waals surface area (Å²) in [7, 11) is 0. The number of aromatic amines is 1. The van der Waals surface area contributed by atoms with E-state index in [-0.39, 0.29) is 12.4 Å². The summed E-state index contributed by atoms with van der Waals surface area (Å²) in [6, 6.07) is 13.9. The van der Waals surface area contributed by atoms with Crippen LogP contribution in [-0.4, -0.2) is 37.6 Å². The van der Waals surface area contributed by atoms with Crippen LogP contribution >= 0.6 is 11.8 Å². The molecule has 0 fully saturated rings. The highest BCUT2D eigenvalue weighted by molar-refractivity contribution is 7.99. The third-order valence-electron chi connectivity index (χ3n) is 3.88. The molecular formula is C19H17FN6OS. The molecule has 9 heteroatoms. The summed E-state index contributed by atoms with van der Waals surface area (Å²) >= 11 is 1.57. The predicted molar refractivity (Wildman–Crippen MR) is 109 cm³/mol. The Morgan fingerprint density at radius 2 is 2.04 bits per heavy atom. The monoisotopic (exact) mass is 396 g/mol. The fraction of sp³-hybridized carbons (Fsp3) is 0.105. The smallest absolute Gasteiger partial charge is 0.229 e. The third-order valence-corrected chi connectivity index (χ3v) is 4.85. The Morgan fingerprint density at radius 3 is 2.93 bits per heavy atom. The molecule has 7 nitrogen and oxygen atoms in total. The molecule has 0 unspecified atom stereocenters. The number of H-pyrrole nitrogens is 1. The second-order valence-electron chi connectivity index (χ2n) is 5.88. The fourth-order valence-corrected chi connectivity index (χ4v) is 3.36. The zero-order valence-corrected chi connectivity index (χ0v) is 15.5. The molecule has 0 aliphatic rings. The second-order valence-corrected chi connectivity index (χ2v) is 7.05. The molecule has 0 aliphatic carbocycles. The Hall–Kier alpha value is -3.17. The summed E-state index contributed by atoms with van der Waals surface area (Å²) in [6.45, 7) is 0.130. The van der Waals surface area contributed by atoms with Gasteiger partial charge in [-0.1, -0.05) is 6.07 Å². The first kappa shape index (κ1) is 18.2. The van der Waals surface area contributed by atoms with E-state index in [1.165, 1.54) is 12.1 Å². The lowest BCUT2D eigenvalue weighted by molar-refractivity contribution is 0.322. The van der Waals surface area contributed by atoms with Gasteiger partial charge in [0.2, 0.25) is 5.95 Å². The van der Waals surface area contributed by atoms with Crippen LogP contribution in [0, 0.1) is 5.82 Å². The lowest BCUT2D eigenvalue weighted by atomic mass is 10.2. The van der Waals surface area contributed by atoms with Crippen molar-refractivity contribution in [2.24, 2.45) is 0 Å². The Labute approximate surface area is 164 Å². The number of hydrogen-bond acceptors (Lipinski definition) is 7. The molecule has 4 aromatic rings. The standard InChI is InChI=1S/C19H17FN6OS/c20-12-4-5-16-15(10-12)18(26-25-16)23-17-6-7-21-19(24-17)22-13-2-1-3-14(11-13)28-9-8-27/h1-7,10-11,27H,8-9H2,(H3,21,22,23,24,25,26). The van der Waals surface area contributed by atoms with Crippen molar-refractivity contribution in [1.29, 1.82) is 0 Å². The zero-order valence-electron chi connectivity index (χ0n) is 14.7. The van der Waals surface area contributed by atoms with Crippen LogP contribution in [0.15, 0.2) is 59.6 Å². The van der Waals surface area contributed by atoms with Crippen molar-refractivity contribution in [2.75, 3.05) is 23.0 Å². The minimum absolute atomic E-state index is 0.130. The number of aliphatic hydroxyl groups excluding tert-OH is 1. The summed E-state index contributed by atoms with van der Waals surface area (Å²) in [4.78, 5) is 9.71. The first-order chi connectivity index (χ1) is 13.7. The van der Waals surface area contributed by atoms with Gasteiger partial charge in [-0.25, -0.2) is 9.37 Å². The van der Waals surface area contributed by atoms with Crippen molar-refractivity contribution in [1.82, 2.24) is 20.2 Å². The molecule has 0 aliphatic heterocycles. The Bertz CT molecular complexity index is 1100. The zero-order chi connectivity index (χ0) is 19.3. The molecule has 2 heterocycles. The molecule has 142 valence electrons. The van der Waals surface area contributed by atoms with E-state index in [4.69, 9.17) is 5.11 Å². The van der Waals surface area contributed by atoms with E-state index in [9.17, 15) is 4.39 Å². The molecule has 0 saturated carbocycles. The van der Waals surface area contributed by atoms with Gasteiger partial charge in [-0.15, -0.1) is 11.8 Å². The number of benzene rings is 2. The number of aliphatic hydroxyl groups is 1. The molecule has 28 heavy (non-hydrogen) atoms. The molecular weight excluding hydrogens is 379 g/mol. The Morgan fingerprint density at radius 1 is 1.11 bits per heavy atom. The molecule has 4 rings (SSSR count). The highest BCUT2D eigenvalue weighted by Crippen LogP contribution is 2.25. The number of hydrogen-bond donors (Lipinski definition) is 4. The van der Waals surface area contributed by atoms with Crippen molar-refractivity contribution in [3.8, 4) is 0 Å².